The van der Waals surface area contributed by atoms with Crippen LogP contribution in [0.5, 0.6) is 0 Å². The molecular weight excluding hydrogens is 276 g/mol. The zero-order valence-corrected chi connectivity index (χ0v) is 12.4. The fraction of sp³-hybridized carbons (Fsp3) is 0.533. The average molecular weight is 297 g/mol. The molecule has 1 N–H and O–H groups in total. The van der Waals surface area contributed by atoms with Crippen LogP contribution in [0.25, 0.3) is 0 Å². The Hall–Kier alpha value is -0.940. The molecule has 1 saturated heterocycles. The third kappa shape index (κ3) is 4.56. The van der Waals surface area contributed by atoms with E-state index >= 15 is 0 Å². The smallest absolute Gasteiger partial charge is 0.176 e. The van der Waals surface area contributed by atoms with Gasteiger partial charge in [-0.05, 0) is 31.6 Å². The zero-order valence-electron chi connectivity index (χ0n) is 11.6. The second-order valence-corrected chi connectivity index (χ2v) is 5.56. The molecule has 0 atom stereocenters. The minimum absolute atomic E-state index is 0.114. The average Bonchev–Trinajstić information content (AvgIpc) is 2.65. The first kappa shape index (κ1) is 15.4. The number of rotatable bonds is 5. The summed E-state index contributed by atoms with van der Waals surface area (Å²) in [4.78, 5) is 16.7. The number of aliphatic hydroxyl groups is 1. The molecule has 1 aromatic carbocycles. The van der Waals surface area contributed by atoms with Gasteiger partial charge in [0.15, 0.2) is 5.78 Å². The molecule has 0 saturated carbocycles. The van der Waals surface area contributed by atoms with Crippen LogP contribution in [0.15, 0.2) is 24.3 Å². The maximum atomic E-state index is 12.2. The number of ketones is 1. The highest BCUT2D eigenvalue weighted by Gasteiger charge is 2.17. The standard InChI is InChI=1S/C15H21ClN2O2/c16-14-4-1-3-13(11-14)15(20)12-18-6-2-5-17(7-8-18)9-10-19/h1,3-4,11,19H,2,5-10,12H2. The second-order valence-electron chi connectivity index (χ2n) is 5.13. The lowest BCUT2D eigenvalue weighted by molar-refractivity contribution is 0.0932. The van der Waals surface area contributed by atoms with E-state index in [1.54, 1.807) is 18.2 Å². The second kappa shape index (κ2) is 7.74. The van der Waals surface area contributed by atoms with Crippen molar-refractivity contribution in [2.75, 3.05) is 45.9 Å². The number of halogens is 1. The van der Waals surface area contributed by atoms with Crippen LogP contribution in [-0.2, 0) is 0 Å². The topological polar surface area (TPSA) is 43.8 Å². The van der Waals surface area contributed by atoms with Crippen molar-refractivity contribution in [2.45, 2.75) is 6.42 Å². The first-order valence-corrected chi connectivity index (χ1v) is 7.41. The number of Topliss-reactive ketones (excluding diaryl/α,β-unsaturated/α-hetero) is 1. The van der Waals surface area contributed by atoms with Gasteiger partial charge in [-0.25, -0.2) is 0 Å². The maximum Gasteiger partial charge on any atom is 0.176 e. The summed E-state index contributed by atoms with van der Waals surface area (Å²) in [6, 6.07) is 7.11. The summed E-state index contributed by atoms with van der Waals surface area (Å²) in [6.07, 6.45) is 1.03. The van der Waals surface area contributed by atoms with Crippen molar-refractivity contribution < 1.29 is 9.90 Å². The normalized spacial score (nSPS) is 17.9. The third-order valence-electron chi connectivity index (χ3n) is 3.61. The highest BCUT2D eigenvalue weighted by atomic mass is 35.5. The van der Waals surface area contributed by atoms with Gasteiger partial charge in [0.05, 0.1) is 13.2 Å². The van der Waals surface area contributed by atoms with Gasteiger partial charge in [0.25, 0.3) is 0 Å². The minimum atomic E-state index is 0.114. The fourth-order valence-electron chi connectivity index (χ4n) is 2.50. The van der Waals surface area contributed by atoms with Gasteiger partial charge in [-0.1, -0.05) is 23.7 Å². The van der Waals surface area contributed by atoms with E-state index < -0.39 is 0 Å². The number of aliphatic hydroxyl groups excluding tert-OH is 1. The van der Waals surface area contributed by atoms with Crippen LogP contribution in [0.3, 0.4) is 0 Å². The zero-order chi connectivity index (χ0) is 14.4. The quantitative estimate of drug-likeness (QED) is 0.837. The molecule has 0 aliphatic carbocycles. The summed E-state index contributed by atoms with van der Waals surface area (Å²) in [5.74, 6) is 0.114. The van der Waals surface area contributed by atoms with Crippen molar-refractivity contribution >= 4 is 17.4 Å². The Kier molecular flexibility index (Phi) is 5.98. The Balaban J connectivity index is 1.88. The molecule has 110 valence electrons. The van der Waals surface area contributed by atoms with E-state index in [-0.39, 0.29) is 12.4 Å². The Bertz CT molecular complexity index is 453. The molecular formula is C15H21ClN2O2. The largest absolute Gasteiger partial charge is 0.395 e. The molecule has 0 spiro atoms. The van der Waals surface area contributed by atoms with Crippen molar-refractivity contribution in [3.8, 4) is 0 Å². The number of hydrogen-bond acceptors (Lipinski definition) is 4. The van der Waals surface area contributed by atoms with Crippen LogP contribution in [0.1, 0.15) is 16.8 Å². The number of hydrogen-bond donors (Lipinski definition) is 1. The van der Waals surface area contributed by atoms with Crippen LogP contribution in [0.4, 0.5) is 0 Å². The molecule has 1 fully saturated rings. The molecule has 0 aromatic heterocycles. The molecule has 1 aromatic rings. The number of carbonyl (C=O) groups is 1. The molecule has 20 heavy (non-hydrogen) atoms. The third-order valence-corrected chi connectivity index (χ3v) is 3.85. The van der Waals surface area contributed by atoms with E-state index in [2.05, 4.69) is 9.80 Å². The number of nitrogens with zero attached hydrogens (tertiary/aromatic N) is 2. The Morgan fingerprint density at radius 3 is 2.70 bits per heavy atom. The monoisotopic (exact) mass is 296 g/mol. The van der Waals surface area contributed by atoms with Gasteiger partial charge >= 0.3 is 0 Å². The van der Waals surface area contributed by atoms with E-state index in [1.807, 2.05) is 6.07 Å². The van der Waals surface area contributed by atoms with Gasteiger partial charge in [-0.3, -0.25) is 14.6 Å². The first-order valence-electron chi connectivity index (χ1n) is 7.03. The summed E-state index contributed by atoms with van der Waals surface area (Å²) in [5.41, 5.74) is 0.675. The number of benzene rings is 1. The molecule has 1 aliphatic heterocycles. The highest BCUT2D eigenvalue weighted by molar-refractivity contribution is 6.31. The molecule has 1 aliphatic rings. The van der Waals surface area contributed by atoms with Crippen LogP contribution in [-0.4, -0.2) is 66.6 Å². The molecule has 2 rings (SSSR count). The van der Waals surface area contributed by atoms with Crippen LogP contribution >= 0.6 is 11.6 Å². The molecule has 1 heterocycles. The van der Waals surface area contributed by atoms with Gasteiger partial charge in [-0.2, -0.15) is 0 Å². The molecule has 0 radical (unpaired) electrons. The molecule has 0 unspecified atom stereocenters. The summed E-state index contributed by atoms with van der Waals surface area (Å²) in [6.45, 7) is 5.04. The number of carbonyl (C=O) groups excluding carboxylic acids is 1. The predicted molar refractivity (Wildman–Crippen MR) is 80.4 cm³/mol. The van der Waals surface area contributed by atoms with Crippen LogP contribution in [0.2, 0.25) is 5.02 Å². The predicted octanol–water partition coefficient (Wildman–Crippen LogP) is 1.52. The van der Waals surface area contributed by atoms with Gasteiger partial charge < -0.3 is 5.11 Å². The van der Waals surface area contributed by atoms with Crippen molar-refractivity contribution in [3.63, 3.8) is 0 Å². The van der Waals surface area contributed by atoms with Crippen molar-refractivity contribution in [1.82, 2.24) is 9.80 Å². The molecule has 0 amide bonds. The first-order chi connectivity index (χ1) is 9.69. The van der Waals surface area contributed by atoms with Gasteiger partial charge in [0.2, 0.25) is 0 Å². The van der Waals surface area contributed by atoms with Crippen LogP contribution in [0, 0.1) is 0 Å². The molecule has 4 nitrogen and oxygen atoms in total. The van der Waals surface area contributed by atoms with Crippen molar-refractivity contribution in [1.29, 1.82) is 0 Å². The Morgan fingerprint density at radius 1 is 1.20 bits per heavy atom. The lowest BCUT2D eigenvalue weighted by Crippen LogP contribution is -2.35. The van der Waals surface area contributed by atoms with E-state index in [4.69, 9.17) is 16.7 Å². The van der Waals surface area contributed by atoms with Crippen molar-refractivity contribution in [3.05, 3.63) is 34.9 Å². The lowest BCUT2D eigenvalue weighted by Gasteiger charge is -2.20. The summed E-state index contributed by atoms with van der Waals surface area (Å²) < 4.78 is 0. The summed E-state index contributed by atoms with van der Waals surface area (Å²) >= 11 is 5.92. The fourth-order valence-corrected chi connectivity index (χ4v) is 2.69. The molecule has 5 heteroatoms. The van der Waals surface area contributed by atoms with E-state index in [0.717, 1.165) is 39.1 Å². The van der Waals surface area contributed by atoms with Gasteiger partial charge in [0.1, 0.15) is 0 Å². The number of β-amino-alcohol motifs (C(OH)–C–C–N with tert-alkyl or cyclic N) is 1. The van der Waals surface area contributed by atoms with Gasteiger partial charge in [0, 0.05) is 30.2 Å². The SMILES string of the molecule is O=C(CN1CCCN(CCO)CC1)c1cccc(Cl)c1. The maximum absolute atomic E-state index is 12.2. The summed E-state index contributed by atoms with van der Waals surface area (Å²) in [5, 5.41) is 9.57. The highest BCUT2D eigenvalue weighted by Crippen LogP contribution is 2.12. The van der Waals surface area contributed by atoms with E-state index in [9.17, 15) is 4.79 Å². The van der Waals surface area contributed by atoms with E-state index in [0.29, 0.717) is 17.1 Å². The molecule has 0 bridgehead atoms. The van der Waals surface area contributed by atoms with Gasteiger partial charge in [-0.15, -0.1) is 0 Å². The van der Waals surface area contributed by atoms with Crippen molar-refractivity contribution in [2.24, 2.45) is 0 Å². The Morgan fingerprint density at radius 2 is 1.95 bits per heavy atom. The van der Waals surface area contributed by atoms with Crippen LogP contribution < -0.4 is 0 Å². The Labute approximate surface area is 124 Å². The summed E-state index contributed by atoms with van der Waals surface area (Å²) in [7, 11) is 0. The minimum Gasteiger partial charge on any atom is -0.395 e. The van der Waals surface area contributed by atoms with E-state index in [1.165, 1.54) is 0 Å². The lowest BCUT2D eigenvalue weighted by atomic mass is 10.1.